The highest BCUT2D eigenvalue weighted by molar-refractivity contribution is 9.10. The zero-order chi connectivity index (χ0) is 22.8. The van der Waals surface area contributed by atoms with Crippen LogP contribution in [0.25, 0.3) is 22.6 Å². The summed E-state index contributed by atoms with van der Waals surface area (Å²) in [6, 6.07) is 16.5. The van der Waals surface area contributed by atoms with Crippen LogP contribution < -0.4 is 10.1 Å². The number of methoxy groups -OCH3 is 1. The number of carbonyl (C=O) groups is 1. The summed E-state index contributed by atoms with van der Waals surface area (Å²) in [7, 11) is 1.57. The predicted octanol–water partition coefficient (Wildman–Crippen LogP) is 7.69. The molecule has 0 spiro atoms. The number of hydrogen-bond donors (Lipinski definition) is 1. The summed E-state index contributed by atoms with van der Waals surface area (Å²) < 4.78 is 11.9. The number of ether oxygens (including phenoxy) is 1. The topological polar surface area (TPSA) is 64.4 Å². The zero-order valence-electron chi connectivity index (χ0n) is 17.9. The van der Waals surface area contributed by atoms with Crippen molar-refractivity contribution < 1.29 is 13.9 Å². The Bertz CT molecular complexity index is 1300. The Morgan fingerprint density at radius 2 is 2.00 bits per heavy atom. The van der Waals surface area contributed by atoms with E-state index in [9.17, 15) is 4.79 Å². The first-order valence-electron chi connectivity index (χ1n) is 10.2. The van der Waals surface area contributed by atoms with Crippen LogP contribution in [0.15, 0.2) is 63.5 Å². The van der Waals surface area contributed by atoms with Crippen molar-refractivity contribution >= 4 is 50.2 Å². The van der Waals surface area contributed by atoms with Crippen LogP contribution in [-0.2, 0) is 0 Å². The van der Waals surface area contributed by atoms with Gasteiger partial charge in [-0.1, -0.05) is 31.5 Å². The van der Waals surface area contributed by atoms with Crippen LogP contribution >= 0.6 is 27.5 Å². The van der Waals surface area contributed by atoms with Gasteiger partial charge in [0.2, 0.25) is 5.89 Å². The zero-order valence-corrected chi connectivity index (χ0v) is 20.3. The molecule has 32 heavy (non-hydrogen) atoms. The molecule has 0 bridgehead atoms. The lowest BCUT2D eigenvalue weighted by Crippen LogP contribution is -2.12. The molecule has 164 valence electrons. The van der Waals surface area contributed by atoms with Crippen molar-refractivity contribution in [2.45, 2.75) is 26.2 Å². The maximum Gasteiger partial charge on any atom is 0.255 e. The Morgan fingerprint density at radius 1 is 1.19 bits per heavy atom. The first-order valence-corrected chi connectivity index (χ1v) is 11.4. The van der Waals surface area contributed by atoms with E-state index in [0.29, 0.717) is 38.3 Å². The number of nitrogens with one attached hydrogen (secondary N) is 1. The van der Waals surface area contributed by atoms with Gasteiger partial charge in [0, 0.05) is 11.1 Å². The van der Waals surface area contributed by atoms with Crippen molar-refractivity contribution in [3.05, 3.63) is 75.2 Å². The molecule has 0 saturated heterocycles. The van der Waals surface area contributed by atoms with Crippen LogP contribution in [0.5, 0.6) is 5.75 Å². The molecule has 0 fully saturated rings. The van der Waals surface area contributed by atoms with Crippen molar-refractivity contribution in [3.63, 3.8) is 0 Å². The van der Waals surface area contributed by atoms with E-state index in [-0.39, 0.29) is 5.91 Å². The Balaban J connectivity index is 1.62. The highest BCUT2D eigenvalue weighted by atomic mass is 79.9. The molecule has 1 heterocycles. The van der Waals surface area contributed by atoms with E-state index in [1.165, 1.54) is 5.56 Å². The molecule has 0 aliphatic carbocycles. The molecule has 1 atom stereocenters. The van der Waals surface area contributed by atoms with Crippen molar-refractivity contribution in [2.24, 2.45) is 0 Å². The van der Waals surface area contributed by atoms with E-state index < -0.39 is 0 Å². The van der Waals surface area contributed by atoms with Crippen molar-refractivity contribution in [1.29, 1.82) is 0 Å². The van der Waals surface area contributed by atoms with Crippen molar-refractivity contribution in [2.75, 3.05) is 12.4 Å². The maximum atomic E-state index is 12.8. The van der Waals surface area contributed by atoms with Gasteiger partial charge in [-0.05, 0) is 82.4 Å². The van der Waals surface area contributed by atoms with Crippen LogP contribution in [0.4, 0.5) is 5.69 Å². The molecule has 0 unspecified atom stereocenters. The Morgan fingerprint density at radius 3 is 2.72 bits per heavy atom. The molecule has 0 aliphatic rings. The molecule has 1 N–H and O–H groups in total. The fourth-order valence-electron chi connectivity index (χ4n) is 3.37. The second-order valence-corrected chi connectivity index (χ2v) is 8.82. The van der Waals surface area contributed by atoms with E-state index in [0.717, 1.165) is 23.1 Å². The van der Waals surface area contributed by atoms with Gasteiger partial charge in [-0.2, -0.15) is 0 Å². The fourth-order valence-corrected chi connectivity index (χ4v) is 4.07. The predicted molar refractivity (Wildman–Crippen MR) is 132 cm³/mol. The number of halogens is 2. The molecular formula is C25H22BrClN2O3. The molecule has 3 aromatic carbocycles. The van der Waals surface area contributed by atoms with E-state index in [1.807, 2.05) is 12.1 Å². The smallest absolute Gasteiger partial charge is 0.255 e. The largest absolute Gasteiger partial charge is 0.496 e. The number of carbonyl (C=O) groups excluding carboxylic acids is 1. The second kappa shape index (κ2) is 9.35. The first-order chi connectivity index (χ1) is 15.4. The van der Waals surface area contributed by atoms with E-state index in [4.69, 9.17) is 20.8 Å². The number of benzene rings is 3. The van der Waals surface area contributed by atoms with Gasteiger partial charge in [0.15, 0.2) is 5.58 Å². The molecule has 4 aromatic rings. The Labute approximate surface area is 199 Å². The summed E-state index contributed by atoms with van der Waals surface area (Å²) in [4.78, 5) is 17.4. The van der Waals surface area contributed by atoms with Gasteiger partial charge in [-0.25, -0.2) is 4.98 Å². The molecular weight excluding hydrogens is 492 g/mol. The van der Waals surface area contributed by atoms with Gasteiger partial charge < -0.3 is 14.5 Å². The molecule has 1 aromatic heterocycles. The lowest BCUT2D eigenvalue weighted by Gasteiger charge is -2.10. The van der Waals surface area contributed by atoms with Crippen molar-refractivity contribution in [3.8, 4) is 17.2 Å². The van der Waals surface area contributed by atoms with Gasteiger partial charge in [0.05, 0.1) is 22.3 Å². The second-order valence-electron chi connectivity index (χ2n) is 7.55. The van der Waals surface area contributed by atoms with Crippen LogP contribution in [-0.4, -0.2) is 18.0 Å². The normalized spacial score (nSPS) is 12.0. The van der Waals surface area contributed by atoms with Crippen LogP contribution in [0, 0.1) is 0 Å². The highest BCUT2D eigenvalue weighted by Gasteiger charge is 2.15. The summed E-state index contributed by atoms with van der Waals surface area (Å²) in [6.45, 7) is 4.36. The number of fused-ring (bicyclic) bond motifs is 1. The van der Waals surface area contributed by atoms with Gasteiger partial charge in [-0.3, -0.25) is 4.79 Å². The van der Waals surface area contributed by atoms with Crippen molar-refractivity contribution in [1.82, 2.24) is 4.98 Å². The third kappa shape index (κ3) is 4.52. The SMILES string of the molecule is CC[C@H](C)c1ccc2oc(-c3ccc(Cl)c(NC(=O)c4ccc(OC)c(Br)c4)c3)nc2c1. The number of hydrogen-bond acceptors (Lipinski definition) is 4. The van der Waals surface area contributed by atoms with E-state index in [1.54, 1.807) is 37.4 Å². The maximum absolute atomic E-state index is 12.8. The Kier molecular flexibility index (Phi) is 6.53. The standard InChI is InChI=1S/C25H22BrClN2O3/c1-4-14(2)15-6-10-23-21(12-15)29-25(32-23)17-5-8-19(27)20(13-17)28-24(30)16-7-9-22(31-3)18(26)11-16/h5-14H,4H2,1-3H3,(H,28,30)/t14-/m0/s1. The van der Waals surface area contributed by atoms with Gasteiger partial charge >= 0.3 is 0 Å². The minimum Gasteiger partial charge on any atom is -0.496 e. The summed E-state index contributed by atoms with van der Waals surface area (Å²) in [5.41, 5.74) is 4.43. The average Bonchev–Trinajstić information content (AvgIpc) is 3.23. The molecule has 0 aliphatic heterocycles. The number of nitrogens with zero attached hydrogens (tertiary/aromatic N) is 1. The number of aromatic nitrogens is 1. The third-order valence-electron chi connectivity index (χ3n) is 5.47. The summed E-state index contributed by atoms with van der Waals surface area (Å²) >= 11 is 9.75. The molecule has 0 saturated carbocycles. The van der Waals surface area contributed by atoms with Crippen LogP contribution in [0.3, 0.4) is 0 Å². The van der Waals surface area contributed by atoms with Crippen LogP contribution in [0.1, 0.15) is 42.1 Å². The summed E-state index contributed by atoms with van der Waals surface area (Å²) in [6.07, 6.45) is 1.06. The number of amides is 1. The summed E-state index contributed by atoms with van der Waals surface area (Å²) in [5.74, 6) is 1.28. The third-order valence-corrected chi connectivity index (χ3v) is 6.42. The first kappa shape index (κ1) is 22.4. The monoisotopic (exact) mass is 512 g/mol. The molecule has 1 amide bonds. The lowest BCUT2D eigenvalue weighted by atomic mass is 9.98. The minimum atomic E-state index is -0.289. The lowest BCUT2D eigenvalue weighted by molar-refractivity contribution is 0.102. The average molecular weight is 514 g/mol. The van der Waals surface area contributed by atoms with Crippen LogP contribution in [0.2, 0.25) is 5.02 Å². The molecule has 0 radical (unpaired) electrons. The summed E-state index contributed by atoms with van der Waals surface area (Å²) in [5, 5.41) is 3.29. The molecule has 4 rings (SSSR count). The Hall–Kier alpha value is -2.83. The van der Waals surface area contributed by atoms with Gasteiger partial charge in [0.1, 0.15) is 11.3 Å². The minimum absolute atomic E-state index is 0.289. The van der Waals surface area contributed by atoms with Gasteiger partial charge in [0.25, 0.3) is 5.91 Å². The number of anilines is 1. The quantitative estimate of drug-likeness (QED) is 0.287. The van der Waals surface area contributed by atoms with Gasteiger partial charge in [-0.15, -0.1) is 0 Å². The fraction of sp³-hybridized carbons (Fsp3) is 0.200. The molecule has 7 heteroatoms. The molecule has 5 nitrogen and oxygen atoms in total. The van der Waals surface area contributed by atoms with E-state index in [2.05, 4.69) is 52.2 Å². The highest BCUT2D eigenvalue weighted by Crippen LogP contribution is 2.32. The number of rotatable bonds is 6. The van der Waals surface area contributed by atoms with E-state index >= 15 is 0 Å². The number of oxazole rings is 1.